The fourth-order valence-corrected chi connectivity index (χ4v) is 3.36. The van der Waals surface area contributed by atoms with Gasteiger partial charge in [-0.3, -0.25) is 9.89 Å². The Morgan fingerprint density at radius 1 is 1.04 bits per heavy atom. The monoisotopic (exact) mass is 363 g/mol. The highest BCUT2D eigenvalue weighted by Gasteiger charge is 2.21. The van der Waals surface area contributed by atoms with Gasteiger partial charge in [0, 0.05) is 23.7 Å². The van der Waals surface area contributed by atoms with Crippen molar-refractivity contribution in [2.24, 2.45) is 0 Å². The molecule has 5 heteroatoms. The van der Waals surface area contributed by atoms with Crippen LogP contribution in [0.3, 0.4) is 0 Å². The highest BCUT2D eigenvalue weighted by Crippen LogP contribution is 2.24. The summed E-state index contributed by atoms with van der Waals surface area (Å²) in [6.07, 6.45) is 2.98. The summed E-state index contributed by atoms with van der Waals surface area (Å²) in [6.45, 7) is 1.31. The number of carbonyl (C=O) groups is 1. The Morgan fingerprint density at radius 3 is 2.58 bits per heavy atom. The van der Waals surface area contributed by atoms with Gasteiger partial charge >= 0.3 is 0 Å². The molecule has 1 aromatic heterocycles. The van der Waals surface area contributed by atoms with E-state index in [2.05, 4.69) is 28.4 Å². The first-order valence-electron chi connectivity index (χ1n) is 8.56. The third-order valence-corrected chi connectivity index (χ3v) is 4.80. The molecule has 0 saturated heterocycles. The van der Waals surface area contributed by atoms with E-state index in [0.29, 0.717) is 29.5 Å². The number of halogens is 1. The van der Waals surface area contributed by atoms with E-state index in [1.807, 2.05) is 47.4 Å². The molecule has 0 unspecified atom stereocenters. The van der Waals surface area contributed by atoms with Crippen LogP contribution in [0.4, 0.5) is 0 Å². The van der Waals surface area contributed by atoms with Crippen LogP contribution >= 0.6 is 11.6 Å². The van der Waals surface area contributed by atoms with E-state index in [9.17, 15) is 4.79 Å². The van der Waals surface area contributed by atoms with Crippen LogP contribution in [0.1, 0.15) is 22.5 Å². The van der Waals surface area contributed by atoms with Gasteiger partial charge in [0.2, 0.25) is 0 Å². The third kappa shape index (κ3) is 3.41. The lowest BCUT2D eigenvalue weighted by atomic mass is 9.99. The van der Waals surface area contributed by atoms with Gasteiger partial charge in [-0.25, -0.2) is 0 Å². The minimum Gasteiger partial charge on any atom is -0.333 e. The number of aromatic nitrogens is 2. The largest absolute Gasteiger partial charge is 0.333 e. The van der Waals surface area contributed by atoms with Gasteiger partial charge in [-0.05, 0) is 35.8 Å². The van der Waals surface area contributed by atoms with Crippen molar-refractivity contribution in [1.82, 2.24) is 15.1 Å². The van der Waals surface area contributed by atoms with Gasteiger partial charge in [0.05, 0.1) is 5.69 Å². The maximum atomic E-state index is 12.8. The van der Waals surface area contributed by atoms with Crippen LogP contribution in [0.2, 0.25) is 5.02 Å². The van der Waals surface area contributed by atoms with Crippen molar-refractivity contribution < 1.29 is 4.79 Å². The van der Waals surface area contributed by atoms with E-state index in [1.165, 1.54) is 11.1 Å². The van der Waals surface area contributed by atoms with Crippen LogP contribution in [0.5, 0.6) is 0 Å². The predicted molar refractivity (Wildman–Crippen MR) is 104 cm³/mol. The molecule has 26 heavy (non-hydrogen) atoms. The van der Waals surface area contributed by atoms with Crippen molar-refractivity contribution in [3.63, 3.8) is 0 Å². The molecular formula is C21H18ClN3O. The highest BCUT2D eigenvalue weighted by molar-refractivity contribution is 6.30. The van der Waals surface area contributed by atoms with E-state index in [0.717, 1.165) is 12.0 Å². The summed E-state index contributed by atoms with van der Waals surface area (Å²) in [7, 11) is 0. The Balaban J connectivity index is 1.48. The zero-order valence-electron chi connectivity index (χ0n) is 14.2. The molecule has 0 aliphatic carbocycles. The quantitative estimate of drug-likeness (QED) is 0.735. The van der Waals surface area contributed by atoms with Crippen LogP contribution in [-0.4, -0.2) is 34.1 Å². The Kier molecular flexibility index (Phi) is 4.59. The summed E-state index contributed by atoms with van der Waals surface area (Å²) < 4.78 is 0. The molecule has 1 N–H and O–H groups in total. The number of amides is 1. The van der Waals surface area contributed by atoms with E-state index < -0.39 is 0 Å². The second kappa shape index (κ2) is 7.18. The first-order valence-corrected chi connectivity index (χ1v) is 8.93. The average Bonchev–Trinajstić information content (AvgIpc) is 3.18. The third-order valence-electron chi connectivity index (χ3n) is 4.57. The molecule has 0 atom stereocenters. The molecule has 1 amide bonds. The minimum atomic E-state index is -0.0332. The molecule has 1 aliphatic heterocycles. The van der Waals surface area contributed by atoms with Gasteiger partial charge in [0.25, 0.3) is 5.91 Å². The topological polar surface area (TPSA) is 49.0 Å². The second-order valence-electron chi connectivity index (χ2n) is 6.27. The van der Waals surface area contributed by atoms with Gasteiger partial charge in [-0.2, -0.15) is 5.10 Å². The Bertz CT molecular complexity index is 962. The first-order chi connectivity index (χ1) is 12.7. The van der Waals surface area contributed by atoms with E-state index >= 15 is 0 Å². The maximum Gasteiger partial charge on any atom is 0.272 e. The molecule has 0 bridgehead atoms. The van der Waals surface area contributed by atoms with Crippen molar-refractivity contribution in [3.05, 3.63) is 83.0 Å². The summed E-state index contributed by atoms with van der Waals surface area (Å²) in [6, 6.07) is 19.5. The van der Waals surface area contributed by atoms with Crippen molar-refractivity contribution in [3.8, 4) is 11.3 Å². The van der Waals surface area contributed by atoms with Gasteiger partial charge in [0.15, 0.2) is 0 Å². The number of benzene rings is 2. The smallest absolute Gasteiger partial charge is 0.272 e. The lowest BCUT2D eigenvalue weighted by Crippen LogP contribution is -2.34. The molecule has 2 heterocycles. The zero-order chi connectivity index (χ0) is 17.9. The summed E-state index contributed by atoms with van der Waals surface area (Å²) >= 11 is 6.03. The molecular weight excluding hydrogens is 346 g/mol. The van der Waals surface area contributed by atoms with E-state index in [-0.39, 0.29) is 5.91 Å². The van der Waals surface area contributed by atoms with E-state index in [1.54, 1.807) is 6.07 Å². The van der Waals surface area contributed by atoms with Gasteiger partial charge in [-0.1, -0.05) is 60.1 Å². The molecule has 130 valence electrons. The molecule has 0 radical (unpaired) electrons. The molecule has 1 aliphatic rings. The van der Waals surface area contributed by atoms with Gasteiger partial charge < -0.3 is 4.90 Å². The number of nitrogens with zero attached hydrogens (tertiary/aromatic N) is 2. The maximum absolute atomic E-state index is 12.8. The number of hydrogen-bond acceptors (Lipinski definition) is 2. The fourth-order valence-electron chi connectivity index (χ4n) is 3.17. The second-order valence-corrected chi connectivity index (χ2v) is 6.71. The fraction of sp³-hybridized carbons (Fsp3) is 0.143. The standard InChI is InChI=1S/C21H18ClN3O/c22-18-8-4-7-17(13-18)19-14-20(24-23-19)21(26)25-11-9-16(10-12-25)15-5-2-1-3-6-15/h1-9,13-14H,10-12H2,(H,23,24). The lowest BCUT2D eigenvalue weighted by Gasteiger charge is -2.26. The van der Waals surface area contributed by atoms with Gasteiger partial charge in [0.1, 0.15) is 5.69 Å². The van der Waals surface area contributed by atoms with Crippen molar-refractivity contribution in [2.45, 2.75) is 6.42 Å². The molecule has 2 aromatic carbocycles. The SMILES string of the molecule is O=C(c1cc(-c2cccc(Cl)c2)n[nH]1)N1CC=C(c2ccccc2)CC1. The van der Waals surface area contributed by atoms with Crippen molar-refractivity contribution in [1.29, 1.82) is 0 Å². The highest BCUT2D eigenvalue weighted by atomic mass is 35.5. The first kappa shape index (κ1) is 16.6. The number of hydrogen-bond donors (Lipinski definition) is 1. The number of rotatable bonds is 3. The number of nitrogens with one attached hydrogen (secondary N) is 1. The normalized spacial score (nSPS) is 14.2. The van der Waals surface area contributed by atoms with E-state index in [4.69, 9.17) is 11.6 Å². The zero-order valence-corrected chi connectivity index (χ0v) is 14.9. The Hall–Kier alpha value is -2.85. The molecule has 4 nitrogen and oxygen atoms in total. The molecule has 0 spiro atoms. The van der Waals surface area contributed by atoms with Crippen molar-refractivity contribution >= 4 is 23.1 Å². The van der Waals surface area contributed by atoms with Crippen molar-refractivity contribution in [2.75, 3.05) is 13.1 Å². The Morgan fingerprint density at radius 2 is 1.85 bits per heavy atom. The van der Waals surface area contributed by atoms with Crippen LogP contribution in [0.15, 0.2) is 66.7 Å². The minimum absolute atomic E-state index is 0.0332. The predicted octanol–water partition coefficient (Wildman–Crippen LogP) is 4.66. The summed E-state index contributed by atoms with van der Waals surface area (Å²) in [5.41, 5.74) is 4.62. The summed E-state index contributed by atoms with van der Waals surface area (Å²) in [5.74, 6) is -0.0332. The van der Waals surface area contributed by atoms with Crippen LogP contribution in [-0.2, 0) is 0 Å². The number of aromatic amines is 1. The van der Waals surface area contributed by atoms with Crippen LogP contribution < -0.4 is 0 Å². The Labute approximate surface area is 157 Å². The van der Waals surface area contributed by atoms with Crippen LogP contribution in [0, 0.1) is 0 Å². The molecule has 3 aromatic rings. The lowest BCUT2D eigenvalue weighted by molar-refractivity contribution is 0.0767. The van der Waals surface area contributed by atoms with Gasteiger partial charge in [-0.15, -0.1) is 0 Å². The number of carbonyl (C=O) groups excluding carboxylic acids is 1. The molecule has 0 saturated carbocycles. The molecule has 0 fully saturated rings. The van der Waals surface area contributed by atoms with Crippen LogP contribution in [0.25, 0.3) is 16.8 Å². The number of H-pyrrole nitrogens is 1. The molecule has 4 rings (SSSR count). The summed E-state index contributed by atoms with van der Waals surface area (Å²) in [5, 5.41) is 7.76. The summed E-state index contributed by atoms with van der Waals surface area (Å²) in [4.78, 5) is 14.6. The average molecular weight is 364 g/mol.